The predicted molar refractivity (Wildman–Crippen MR) is 52.1 cm³/mol. The highest BCUT2D eigenvalue weighted by molar-refractivity contribution is 6.52. The van der Waals surface area contributed by atoms with Crippen LogP contribution >= 0.6 is 0 Å². The van der Waals surface area contributed by atoms with Gasteiger partial charge in [0.25, 0.3) is 0 Å². The molecule has 0 amide bonds. The topological polar surface area (TPSA) is 3.24 Å². The molecule has 0 aromatic rings. The summed E-state index contributed by atoms with van der Waals surface area (Å²) >= 11 is 0. The first kappa shape index (κ1) is 9.27. The minimum atomic E-state index is -0.162. The lowest BCUT2D eigenvalue weighted by atomic mass is 10.0. The highest BCUT2D eigenvalue weighted by Crippen LogP contribution is 2.20. The lowest BCUT2D eigenvalue weighted by molar-refractivity contribution is 0.246. The fraction of sp³-hybridized carbons (Fsp3) is 1.00. The summed E-state index contributed by atoms with van der Waals surface area (Å²) in [5, 5.41) is 0. The highest BCUT2D eigenvalue weighted by Gasteiger charge is 2.22. The first-order chi connectivity index (χ1) is 5.25. The van der Waals surface area contributed by atoms with E-state index in [1.54, 1.807) is 0 Å². The van der Waals surface area contributed by atoms with Crippen LogP contribution in [0.25, 0.3) is 0 Å². The molecule has 2 heteroatoms. The number of hydrogen-bond acceptors (Lipinski definition) is 1. The van der Waals surface area contributed by atoms with E-state index < -0.39 is 0 Å². The number of piperidine rings is 1. The van der Waals surface area contributed by atoms with E-state index in [0.29, 0.717) is 0 Å². The van der Waals surface area contributed by atoms with Gasteiger partial charge in [0.1, 0.15) is 8.96 Å². The van der Waals surface area contributed by atoms with E-state index in [1.165, 1.54) is 32.2 Å². The van der Waals surface area contributed by atoms with E-state index in [9.17, 15) is 0 Å². The Morgan fingerprint density at radius 3 is 2.55 bits per heavy atom. The maximum absolute atomic E-state index is 2.76. The summed E-state index contributed by atoms with van der Waals surface area (Å²) in [5.41, 5.74) is 0. The van der Waals surface area contributed by atoms with Crippen molar-refractivity contribution in [3.05, 3.63) is 0 Å². The quantitative estimate of drug-likeness (QED) is 0.576. The molecule has 0 bridgehead atoms. The molecule has 0 N–H and O–H groups in total. The molecule has 1 unspecified atom stereocenters. The smallest absolute Gasteiger partial charge is 0.130 e. The standard InChI is InChI=1S/C9H20NSi/c1-4-9-7-5-6-8-10(9)11(2)3/h9H,4-8H2,1-3H3. The van der Waals surface area contributed by atoms with Crippen molar-refractivity contribution in [2.45, 2.75) is 51.7 Å². The normalized spacial score (nSPS) is 27.8. The lowest BCUT2D eigenvalue weighted by Gasteiger charge is -2.37. The SMILES string of the molecule is CCC1CCCCN1[Si](C)C. The van der Waals surface area contributed by atoms with Crippen molar-refractivity contribution in [3.63, 3.8) is 0 Å². The minimum absolute atomic E-state index is 0.162. The van der Waals surface area contributed by atoms with Crippen LogP contribution < -0.4 is 0 Å². The van der Waals surface area contributed by atoms with E-state index in [1.807, 2.05) is 0 Å². The first-order valence-corrected chi connectivity index (χ1v) is 7.27. The molecule has 1 radical (unpaired) electrons. The van der Waals surface area contributed by atoms with Crippen LogP contribution in [0.15, 0.2) is 0 Å². The van der Waals surface area contributed by atoms with Gasteiger partial charge in [0, 0.05) is 6.04 Å². The van der Waals surface area contributed by atoms with Crippen LogP contribution in [0.3, 0.4) is 0 Å². The molecule has 1 heterocycles. The number of rotatable bonds is 2. The lowest BCUT2D eigenvalue weighted by Crippen LogP contribution is -2.45. The van der Waals surface area contributed by atoms with Gasteiger partial charge in [-0.3, -0.25) is 0 Å². The Balaban J connectivity index is 2.44. The summed E-state index contributed by atoms with van der Waals surface area (Å²) in [4.78, 5) is 0. The zero-order valence-electron chi connectivity index (χ0n) is 8.06. The van der Waals surface area contributed by atoms with Crippen molar-refractivity contribution < 1.29 is 0 Å². The minimum Gasteiger partial charge on any atom is -0.322 e. The molecule has 0 spiro atoms. The molecule has 0 aliphatic carbocycles. The van der Waals surface area contributed by atoms with Crippen molar-refractivity contribution in [1.82, 2.24) is 4.57 Å². The number of nitrogens with zero attached hydrogens (tertiary/aromatic N) is 1. The average Bonchev–Trinajstić information content (AvgIpc) is 2.04. The maximum Gasteiger partial charge on any atom is 0.130 e. The molecule has 11 heavy (non-hydrogen) atoms. The summed E-state index contributed by atoms with van der Waals surface area (Å²) in [6.45, 7) is 8.53. The Morgan fingerprint density at radius 2 is 2.09 bits per heavy atom. The fourth-order valence-corrected chi connectivity index (χ4v) is 3.66. The zero-order valence-corrected chi connectivity index (χ0v) is 9.06. The van der Waals surface area contributed by atoms with Gasteiger partial charge in [-0.05, 0) is 25.8 Å². The summed E-state index contributed by atoms with van der Waals surface area (Å²) in [6.07, 6.45) is 5.71. The van der Waals surface area contributed by atoms with Gasteiger partial charge in [-0.15, -0.1) is 0 Å². The van der Waals surface area contributed by atoms with Gasteiger partial charge in [-0.1, -0.05) is 26.4 Å². The molecule has 1 aliphatic rings. The first-order valence-electron chi connectivity index (χ1n) is 4.82. The summed E-state index contributed by atoms with van der Waals surface area (Å²) in [5.74, 6) is 0. The van der Waals surface area contributed by atoms with Crippen molar-refractivity contribution >= 4 is 8.96 Å². The molecule has 0 saturated carbocycles. The van der Waals surface area contributed by atoms with Crippen LogP contribution in [-0.4, -0.2) is 26.1 Å². The molecule has 0 aromatic heterocycles. The second-order valence-electron chi connectivity index (χ2n) is 3.70. The van der Waals surface area contributed by atoms with Crippen molar-refractivity contribution in [3.8, 4) is 0 Å². The van der Waals surface area contributed by atoms with Crippen LogP contribution in [0.4, 0.5) is 0 Å². The van der Waals surface area contributed by atoms with E-state index in [2.05, 4.69) is 24.6 Å². The molecule has 1 saturated heterocycles. The summed E-state index contributed by atoms with van der Waals surface area (Å²) in [6, 6.07) is 0.924. The monoisotopic (exact) mass is 170 g/mol. The molecular formula is C9H20NSi. The van der Waals surface area contributed by atoms with Gasteiger partial charge in [0.05, 0.1) is 0 Å². The Kier molecular flexibility index (Phi) is 3.59. The number of hydrogen-bond donors (Lipinski definition) is 0. The molecular weight excluding hydrogens is 150 g/mol. The van der Waals surface area contributed by atoms with Gasteiger partial charge < -0.3 is 4.57 Å². The van der Waals surface area contributed by atoms with Crippen LogP contribution in [0, 0.1) is 0 Å². The molecule has 1 nitrogen and oxygen atoms in total. The second-order valence-corrected chi connectivity index (χ2v) is 6.17. The second kappa shape index (κ2) is 4.26. The highest BCUT2D eigenvalue weighted by atomic mass is 28.3. The van der Waals surface area contributed by atoms with Crippen LogP contribution in [-0.2, 0) is 0 Å². The third-order valence-corrected chi connectivity index (χ3v) is 4.41. The summed E-state index contributed by atoms with van der Waals surface area (Å²) < 4.78 is 2.76. The van der Waals surface area contributed by atoms with Gasteiger partial charge in [0.15, 0.2) is 0 Å². The predicted octanol–water partition coefficient (Wildman–Crippen LogP) is 2.50. The van der Waals surface area contributed by atoms with E-state index >= 15 is 0 Å². The third-order valence-electron chi connectivity index (χ3n) is 2.67. The fourth-order valence-electron chi connectivity index (χ4n) is 2.01. The molecule has 0 aromatic carbocycles. The largest absolute Gasteiger partial charge is 0.322 e. The van der Waals surface area contributed by atoms with Crippen LogP contribution in [0.2, 0.25) is 13.1 Å². The molecule has 1 rings (SSSR count). The maximum atomic E-state index is 2.76. The zero-order chi connectivity index (χ0) is 8.27. The molecule has 1 aliphatic heterocycles. The van der Waals surface area contributed by atoms with Gasteiger partial charge in [-0.2, -0.15) is 0 Å². The van der Waals surface area contributed by atoms with Crippen molar-refractivity contribution in [1.29, 1.82) is 0 Å². The van der Waals surface area contributed by atoms with E-state index in [-0.39, 0.29) is 8.96 Å². The third kappa shape index (κ3) is 2.31. The molecule has 65 valence electrons. The van der Waals surface area contributed by atoms with Crippen molar-refractivity contribution in [2.75, 3.05) is 6.54 Å². The Labute approximate surface area is 72.5 Å². The molecule has 1 atom stereocenters. The van der Waals surface area contributed by atoms with E-state index in [4.69, 9.17) is 0 Å². The Hall–Kier alpha value is 0.177. The van der Waals surface area contributed by atoms with Crippen LogP contribution in [0.5, 0.6) is 0 Å². The van der Waals surface area contributed by atoms with Gasteiger partial charge in [-0.25, -0.2) is 0 Å². The van der Waals surface area contributed by atoms with Crippen LogP contribution in [0.1, 0.15) is 32.6 Å². The average molecular weight is 170 g/mol. The Morgan fingerprint density at radius 1 is 1.36 bits per heavy atom. The molecule has 1 fully saturated rings. The Bertz CT molecular complexity index is 114. The van der Waals surface area contributed by atoms with E-state index in [0.717, 1.165) is 6.04 Å². The van der Waals surface area contributed by atoms with Gasteiger partial charge >= 0.3 is 0 Å². The van der Waals surface area contributed by atoms with Gasteiger partial charge in [0.2, 0.25) is 0 Å². The summed E-state index contributed by atoms with van der Waals surface area (Å²) in [7, 11) is -0.162. The van der Waals surface area contributed by atoms with Crippen molar-refractivity contribution in [2.24, 2.45) is 0 Å².